The fraction of sp³-hybridized carbons (Fsp3) is 0.692. The summed E-state index contributed by atoms with van der Waals surface area (Å²) in [4.78, 5) is 18.3. The zero-order chi connectivity index (χ0) is 13.1. The van der Waals surface area contributed by atoms with Crippen LogP contribution in [0.4, 0.5) is 0 Å². The summed E-state index contributed by atoms with van der Waals surface area (Å²) in [6, 6.07) is -0.0866. The van der Waals surface area contributed by atoms with Gasteiger partial charge >= 0.3 is 0 Å². The van der Waals surface area contributed by atoms with Crippen molar-refractivity contribution < 1.29 is 9.21 Å². The van der Waals surface area contributed by atoms with Gasteiger partial charge in [-0.15, -0.1) is 0 Å². The second-order valence-electron chi connectivity index (χ2n) is 4.99. The van der Waals surface area contributed by atoms with E-state index in [0.29, 0.717) is 18.4 Å². The molecule has 18 heavy (non-hydrogen) atoms. The second kappa shape index (κ2) is 5.52. The lowest BCUT2D eigenvalue weighted by Gasteiger charge is -2.25. The van der Waals surface area contributed by atoms with E-state index in [2.05, 4.69) is 17.2 Å². The van der Waals surface area contributed by atoms with E-state index in [1.54, 1.807) is 6.20 Å². The van der Waals surface area contributed by atoms with Crippen LogP contribution in [0.3, 0.4) is 0 Å². The summed E-state index contributed by atoms with van der Waals surface area (Å²) in [6.07, 6.45) is 3.81. The molecule has 1 aromatic heterocycles. The molecule has 1 amide bonds. The van der Waals surface area contributed by atoms with Crippen molar-refractivity contribution in [1.29, 1.82) is 0 Å². The van der Waals surface area contributed by atoms with Gasteiger partial charge in [-0.1, -0.05) is 6.92 Å². The van der Waals surface area contributed by atoms with E-state index < -0.39 is 0 Å². The number of nitrogens with one attached hydrogen (secondary N) is 1. The molecule has 0 radical (unpaired) electrons. The molecule has 0 bridgehead atoms. The van der Waals surface area contributed by atoms with E-state index in [1.165, 1.54) is 0 Å². The van der Waals surface area contributed by atoms with Crippen LogP contribution in [0.15, 0.2) is 10.6 Å². The van der Waals surface area contributed by atoms with Gasteiger partial charge in [0, 0.05) is 13.5 Å². The number of aromatic nitrogens is 1. The van der Waals surface area contributed by atoms with Gasteiger partial charge in [-0.05, 0) is 25.8 Å². The van der Waals surface area contributed by atoms with Crippen molar-refractivity contribution in [3.05, 3.63) is 17.8 Å². The minimum Gasteiger partial charge on any atom is -0.444 e. The average molecular weight is 251 g/mol. The van der Waals surface area contributed by atoms with Crippen LogP contribution in [0.2, 0.25) is 0 Å². The van der Waals surface area contributed by atoms with Crippen LogP contribution < -0.4 is 5.32 Å². The first kappa shape index (κ1) is 13.1. The molecule has 2 heterocycles. The van der Waals surface area contributed by atoms with Crippen LogP contribution in [0.25, 0.3) is 0 Å². The van der Waals surface area contributed by atoms with E-state index in [0.717, 1.165) is 25.1 Å². The molecule has 0 spiro atoms. The number of amides is 1. The number of hydrogen-bond acceptors (Lipinski definition) is 4. The molecule has 5 heteroatoms. The van der Waals surface area contributed by atoms with Gasteiger partial charge in [0.1, 0.15) is 5.76 Å². The number of rotatable bonds is 3. The van der Waals surface area contributed by atoms with Crippen molar-refractivity contribution in [3.8, 4) is 0 Å². The standard InChI is InChI=1S/C13H21N3O2/c1-9-5-4-6-16(13(17)12(9)14-3)8-11-7-15-10(2)18-11/h7,9,12,14H,4-6,8H2,1-3H3. The van der Waals surface area contributed by atoms with Crippen LogP contribution in [0.1, 0.15) is 31.4 Å². The van der Waals surface area contributed by atoms with Gasteiger partial charge in [-0.25, -0.2) is 4.98 Å². The zero-order valence-electron chi connectivity index (χ0n) is 11.3. The highest BCUT2D eigenvalue weighted by atomic mass is 16.4. The van der Waals surface area contributed by atoms with Crippen molar-refractivity contribution in [2.24, 2.45) is 5.92 Å². The summed E-state index contributed by atoms with van der Waals surface area (Å²) < 4.78 is 5.45. The van der Waals surface area contributed by atoms with E-state index in [4.69, 9.17) is 4.42 Å². The van der Waals surface area contributed by atoms with Gasteiger partial charge < -0.3 is 14.6 Å². The largest absolute Gasteiger partial charge is 0.444 e. The van der Waals surface area contributed by atoms with Crippen molar-refractivity contribution in [2.75, 3.05) is 13.6 Å². The number of likely N-dealkylation sites (tertiary alicyclic amines) is 1. The first-order valence-corrected chi connectivity index (χ1v) is 6.49. The lowest BCUT2D eigenvalue weighted by atomic mass is 9.98. The normalized spacial score (nSPS) is 25.3. The molecule has 1 saturated heterocycles. The number of nitrogens with zero attached hydrogens (tertiary/aromatic N) is 2. The molecule has 5 nitrogen and oxygen atoms in total. The molecule has 0 aromatic carbocycles. The Morgan fingerprint density at radius 1 is 1.61 bits per heavy atom. The Morgan fingerprint density at radius 3 is 3.00 bits per heavy atom. The van der Waals surface area contributed by atoms with Crippen LogP contribution in [-0.4, -0.2) is 35.4 Å². The predicted molar refractivity (Wildman–Crippen MR) is 67.9 cm³/mol. The number of aryl methyl sites for hydroxylation is 1. The molecule has 1 N–H and O–H groups in total. The number of carbonyl (C=O) groups excluding carboxylic acids is 1. The van der Waals surface area contributed by atoms with Gasteiger partial charge in [-0.3, -0.25) is 4.79 Å². The maximum Gasteiger partial charge on any atom is 0.240 e. The third-order valence-corrected chi connectivity index (χ3v) is 3.56. The van der Waals surface area contributed by atoms with Crippen LogP contribution in [0, 0.1) is 12.8 Å². The fourth-order valence-corrected chi connectivity index (χ4v) is 2.55. The number of hydrogen-bond donors (Lipinski definition) is 1. The van der Waals surface area contributed by atoms with Gasteiger partial charge in [0.25, 0.3) is 0 Å². The molecule has 1 fully saturated rings. The molecular weight excluding hydrogens is 230 g/mol. The summed E-state index contributed by atoms with van der Waals surface area (Å²) in [5.41, 5.74) is 0. The molecule has 2 rings (SSSR count). The minimum atomic E-state index is -0.0866. The third-order valence-electron chi connectivity index (χ3n) is 3.56. The molecule has 0 aliphatic carbocycles. The van der Waals surface area contributed by atoms with E-state index in [-0.39, 0.29) is 11.9 Å². The van der Waals surface area contributed by atoms with E-state index in [1.807, 2.05) is 18.9 Å². The molecular formula is C13H21N3O2. The minimum absolute atomic E-state index is 0.0866. The molecule has 0 saturated carbocycles. The SMILES string of the molecule is CNC1C(=O)N(Cc2cnc(C)o2)CCCC1C. The monoisotopic (exact) mass is 251 g/mol. The number of likely N-dealkylation sites (N-methyl/N-ethyl adjacent to an activating group) is 1. The fourth-order valence-electron chi connectivity index (χ4n) is 2.55. The van der Waals surface area contributed by atoms with Gasteiger partial charge in [0.2, 0.25) is 5.91 Å². The summed E-state index contributed by atoms with van der Waals surface area (Å²) in [6.45, 7) is 5.25. The van der Waals surface area contributed by atoms with Crippen LogP contribution >= 0.6 is 0 Å². The maximum atomic E-state index is 12.4. The maximum absolute atomic E-state index is 12.4. The summed E-state index contributed by atoms with van der Waals surface area (Å²) >= 11 is 0. The number of carbonyl (C=O) groups is 1. The average Bonchev–Trinajstić information content (AvgIpc) is 2.68. The summed E-state index contributed by atoms with van der Waals surface area (Å²) in [5.74, 6) is 1.94. The quantitative estimate of drug-likeness (QED) is 0.880. The predicted octanol–water partition coefficient (Wildman–Crippen LogP) is 1.33. The highest BCUT2D eigenvalue weighted by Crippen LogP contribution is 2.20. The van der Waals surface area contributed by atoms with E-state index in [9.17, 15) is 4.79 Å². The Balaban J connectivity index is 2.09. The lowest BCUT2D eigenvalue weighted by Crippen LogP contribution is -2.46. The molecule has 1 aliphatic heterocycles. The van der Waals surface area contributed by atoms with Gasteiger partial charge in [0.15, 0.2) is 5.89 Å². The Labute approximate surface area is 108 Å². The van der Waals surface area contributed by atoms with E-state index >= 15 is 0 Å². The van der Waals surface area contributed by atoms with Crippen molar-refractivity contribution in [3.63, 3.8) is 0 Å². The molecule has 100 valence electrons. The zero-order valence-corrected chi connectivity index (χ0v) is 11.3. The molecule has 1 aliphatic rings. The second-order valence-corrected chi connectivity index (χ2v) is 4.99. The van der Waals surface area contributed by atoms with Crippen molar-refractivity contribution >= 4 is 5.91 Å². The van der Waals surface area contributed by atoms with Crippen molar-refractivity contribution in [1.82, 2.24) is 15.2 Å². The highest BCUT2D eigenvalue weighted by molar-refractivity contribution is 5.82. The highest BCUT2D eigenvalue weighted by Gasteiger charge is 2.31. The lowest BCUT2D eigenvalue weighted by molar-refractivity contribution is -0.134. The van der Waals surface area contributed by atoms with Gasteiger partial charge in [0.05, 0.1) is 18.8 Å². The Kier molecular flexibility index (Phi) is 4.01. The first-order valence-electron chi connectivity index (χ1n) is 6.49. The van der Waals surface area contributed by atoms with Crippen LogP contribution in [0.5, 0.6) is 0 Å². The summed E-state index contributed by atoms with van der Waals surface area (Å²) in [5, 5.41) is 3.13. The molecule has 1 aromatic rings. The van der Waals surface area contributed by atoms with Gasteiger partial charge in [-0.2, -0.15) is 0 Å². The Hall–Kier alpha value is -1.36. The summed E-state index contributed by atoms with van der Waals surface area (Å²) in [7, 11) is 1.85. The Morgan fingerprint density at radius 2 is 2.39 bits per heavy atom. The number of oxazole rings is 1. The molecule has 2 unspecified atom stereocenters. The van der Waals surface area contributed by atoms with Crippen LogP contribution in [-0.2, 0) is 11.3 Å². The smallest absolute Gasteiger partial charge is 0.240 e. The topological polar surface area (TPSA) is 58.4 Å². The third kappa shape index (κ3) is 2.72. The van der Waals surface area contributed by atoms with Crippen molar-refractivity contribution in [2.45, 2.75) is 39.3 Å². The Bertz CT molecular complexity index is 416. The molecule has 2 atom stereocenters. The first-order chi connectivity index (χ1) is 8.61.